The molecule has 4 nitrogen and oxygen atoms in total. The Hall–Kier alpha value is -0.130. The molecule has 17 heavy (non-hydrogen) atoms. The zero-order valence-electron chi connectivity index (χ0n) is 11.5. The number of sulfone groups is 1. The summed E-state index contributed by atoms with van der Waals surface area (Å²) in [4.78, 5) is 0. The monoisotopic (exact) mass is 265 g/mol. The third-order valence-electron chi connectivity index (χ3n) is 2.77. The number of hydrogen-bond acceptors (Lipinski definition) is 4. The molecule has 5 heteroatoms. The van der Waals surface area contributed by atoms with E-state index in [1.807, 2.05) is 6.92 Å². The van der Waals surface area contributed by atoms with E-state index in [1.165, 1.54) is 6.26 Å². The molecule has 2 unspecified atom stereocenters. The predicted molar refractivity (Wildman–Crippen MR) is 72.1 cm³/mol. The minimum atomic E-state index is -2.83. The second-order valence-electron chi connectivity index (χ2n) is 4.71. The van der Waals surface area contributed by atoms with Gasteiger partial charge >= 0.3 is 0 Å². The van der Waals surface area contributed by atoms with Gasteiger partial charge in [0, 0.05) is 25.2 Å². The molecule has 0 aromatic heterocycles. The van der Waals surface area contributed by atoms with Gasteiger partial charge in [-0.1, -0.05) is 6.92 Å². The minimum Gasteiger partial charge on any atom is -0.382 e. The second kappa shape index (κ2) is 8.89. The van der Waals surface area contributed by atoms with Crippen LogP contribution in [0.5, 0.6) is 0 Å². The molecule has 2 atom stereocenters. The lowest BCUT2D eigenvalue weighted by atomic mass is 10.1. The Bertz CT molecular complexity index is 277. The van der Waals surface area contributed by atoms with Crippen molar-refractivity contribution in [3.05, 3.63) is 0 Å². The summed E-state index contributed by atoms with van der Waals surface area (Å²) in [6.07, 6.45) is 5.13. The first-order valence-corrected chi connectivity index (χ1v) is 8.39. The van der Waals surface area contributed by atoms with Crippen LogP contribution in [0.4, 0.5) is 0 Å². The lowest BCUT2D eigenvalue weighted by Crippen LogP contribution is -2.33. The van der Waals surface area contributed by atoms with Crippen molar-refractivity contribution in [3.63, 3.8) is 0 Å². The van der Waals surface area contributed by atoms with Gasteiger partial charge in [-0.3, -0.25) is 0 Å². The average molecular weight is 265 g/mol. The SMILES string of the molecule is CCCNC(CCCS(C)(=O)=O)CC(C)OC. The largest absolute Gasteiger partial charge is 0.382 e. The molecule has 0 saturated carbocycles. The van der Waals surface area contributed by atoms with E-state index in [0.29, 0.717) is 6.04 Å². The van der Waals surface area contributed by atoms with Crippen molar-refractivity contribution in [2.75, 3.05) is 25.7 Å². The molecule has 0 aromatic rings. The Morgan fingerprint density at radius 1 is 1.35 bits per heavy atom. The van der Waals surface area contributed by atoms with Crippen molar-refractivity contribution in [1.82, 2.24) is 5.32 Å². The minimum absolute atomic E-state index is 0.211. The summed E-state index contributed by atoms with van der Waals surface area (Å²) < 4.78 is 27.4. The Balaban J connectivity index is 4.00. The maximum atomic E-state index is 11.1. The molecule has 0 aliphatic rings. The van der Waals surface area contributed by atoms with E-state index in [2.05, 4.69) is 12.2 Å². The van der Waals surface area contributed by atoms with E-state index >= 15 is 0 Å². The van der Waals surface area contributed by atoms with E-state index in [9.17, 15) is 8.42 Å². The van der Waals surface area contributed by atoms with Gasteiger partial charge in [0.2, 0.25) is 0 Å². The van der Waals surface area contributed by atoms with Gasteiger partial charge in [0.05, 0.1) is 6.10 Å². The summed E-state index contributed by atoms with van der Waals surface area (Å²) in [7, 11) is -1.13. The van der Waals surface area contributed by atoms with E-state index in [4.69, 9.17) is 4.74 Å². The zero-order chi connectivity index (χ0) is 13.3. The summed E-state index contributed by atoms with van der Waals surface area (Å²) in [5.41, 5.74) is 0. The van der Waals surface area contributed by atoms with Gasteiger partial charge in [0.15, 0.2) is 0 Å². The molecule has 0 radical (unpaired) electrons. The number of methoxy groups -OCH3 is 1. The smallest absolute Gasteiger partial charge is 0.147 e. The molecular weight excluding hydrogens is 238 g/mol. The van der Waals surface area contributed by atoms with Crippen molar-refractivity contribution in [2.24, 2.45) is 0 Å². The van der Waals surface area contributed by atoms with E-state index < -0.39 is 9.84 Å². The molecular formula is C12H27NO3S. The van der Waals surface area contributed by atoms with Crippen molar-refractivity contribution < 1.29 is 13.2 Å². The molecule has 104 valence electrons. The highest BCUT2D eigenvalue weighted by Gasteiger charge is 2.13. The second-order valence-corrected chi connectivity index (χ2v) is 6.96. The first-order chi connectivity index (χ1) is 7.89. The van der Waals surface area contributed by atoms with Crippen LogP contribution in [-0.2, 0) is 14.6 Å². The van der Waals surface area contributed by atoms with Crippen LogP contribution in [0.1, 0.15) is 39.5 Å². The fraction of sp³-hybridized carbons (Fsp3) is 1.00. The van der Waals surface area contributed by atoms with Crippen LogP contribution in [-0.4, -0.2) is 46.2 Å². The number of rotatable bonds is 10. The van der Waals surface area contributed by atoms with Crippen molar-refractivity contribution >= 4 is 9.84 Å². The van der Waals surface area contributed by atoms with Crippen LogP contribution in [0, 0.1) is 0 Å². The van der Waals surface area contributed by atoms with Crippen LogP contribution in [0.2, 0.25) is 0 Å². The van der Waals surface area contributed by atoms with Crippen LogP contribution in [0.3, 0.4) is 0 Å². The molecule has 0 aliphatic heterocycles. The summed E-state index contributed by atoms with van der Waals surface area (Å²) in [5, 5.41) is 3.45. The van der Waals surface area contributed by atoms with Crippen LogP contribution < -0.4 is 5.32 Å². The highest BCUT2D eigenvalue weighted by Crippen LogP contribution is 2.08. The van der Waals surface area contributed by atoms with Gasteiger partial charge in [-0.15, -0.1) is 0 Å². The van der Waals surface area contributed by atoms with E-state index in [-0.39, 0.29) is 11.9 Å². The molecule has 0 rings (SSSR count). The zero-order valence-corrected chi connectivity index (χ0v) is 12.3. The van der Waals surface area contributed by atoms with Crippen LogP contribution >= 0.6 is 0 Å². The number of nitrogens with one attached hydrogen (secondary N) is 1. The molecule has 1 N–H and O–H groups in total. The summed E-state index contributed by atoms with van der Waals surface area (Å²) in [6.45, 7) is 5.14. The lowest BCUT2D eigenvalue weighted by Gasteiger charge is -2.21. The molecule has 0 bridgehead atoms. The normalized spacial score (nSPS) is 15.8. The van der Waals surface area contributed by atoms with Gasteiger partial charge < -0.3 is 10.1 Å². The van der Waals surface area contributed by atoms with Crippen molar-refractivity contribution in [1.29, 1.82) is 0 Å². The molecule has 0 aliphatic carbocycles. The fourth-order valence-electron chi connectivity index (χ4n) is 1.74. The third-order valence-corrected chi connectivity index (χ3v) is 3.80. The summed E-state index contributed by atoms with van der Waals surface area (Å²) >= 11 is 0. The fourth-order valence-corrected chi connectivity index (χ4v) is 2.43. The molecule has 0 spiro atoms. The number of hydrogen-bond donors (Lipinski definition) is 1. The quantitative estimate of drug-likeness (QED) is 0.652. The third kappa shape index (κ3) is 10.7. The first-order valence-electron chi connectivity index (χ1n) is 6.33. The Morgan fingerprint density at radius 2 is 2.00 bits per heavy atom. The van der Waals surface area contributed by atoms with Gasteiger partial charge in [0.25, 0.3) is 0 Å². The highest BCUT2D eigenvalue weighted by molar-refractivity contribution is 7.90. The molecule has 0 amide bonds. The maximum absolute atomic E-state index is 11.1. The predicted octanol–water partition coefficient (Wildman–Crippen LogP) is 1.60. The van der Waals surface area contributed by atoms with Gasteiger partial charge in [-0.25, -0.2) is 8.42 Å². The van der Waals surface area contributed by atoms with Gasteiger partial charge in [0.1, 0.15) is 9.84 Å². The van der Waals surface area contributed by atoms with Crippen LogP contribution in [0.15, 0.2) is 0 Å². The summed E-state index contributed by atoms with van der Waals surface area (Å²) in [5.74, 6) is 0.276. The van der Waals surface area contributed by atoms with E-state index in [0.717, 1.165) is 32.2 Å². The standard InChI is InChI=1S/C12H27NO3S/c1-5-8-13-12(10-11(2)16-3)7-6-9-17(4,14)15/h11-13H,5-10H2,1-4H3. The highest BCUT2D eigenvalue weighted by atomic mass is 32.2. The van der Waals surface area contributed by atoms with Crippen LogP contribution in [0.25, 0.3) is 0 Å². The number of ether oxygens (including phenoxy) is 1. The first kappa shape index (κ1) is 16.9. The maximum Gasteiger partial charge on any atom is 0.147 e. The molecule has 0 saturated heterocycles. The Labute approximate surface area is 106 Å². The topological polar surface area (TPSA) is 55.4 Å². The lowest BCUT2D eigenvalue weighted by molar-refractivity contribution is 0.0992. The van der Waals surface area contributed by atoms with Gasteiger partial charge in [-0.2, -0.15) is 0 Å². The Morgan fingerprint density at radius 3 is 2.47 bits per heavy atom. The molecule has 0 fully saturated rings. The Kier molecular flexibility index (Phi) is 8.82. The van der Waals surface area contributed by atoms with Crippen molar-refractivity contribution in [2.45, 2.75) is 51.7 Å². The summed E-state index contributed by atoms with van der Waals surface area (Å²) in [6, 6.07) is 0.353. The van der Waals surface area contributed by atoms with Gasteiger partial charge in [-0.05, 0) is 39.2 Å². The molecule has 0 heterocycles. The average Bonchev–Trinajstić information content (AvgIpc) is 2.23. The van der Waals surface area contributed by atoms with E-state index in [1.54, 1.807) is 7.11 Å². The molecule has 0 aromatic carbocycles. The van der Waals surface area contributed by atoms with Crippen molar-refractivity contribution in [3.8, 4) is 0 Å².